The van der Waals surface area contributed by atoms with E-state index in [4.69, 9.17) is 5.73 Å². The standard InChI is InChI=1S/C10H11F4NO/c1-5(15)7-2-6(11)3-8(12)10(7)16-4-9(13)14/h2-3,5,9H,4,15H2,1H3. The molecule has 0 aliphatic carbocycles. The van der Waals surface area contributed by atoms with Gasteiger partial charge in [-0.25, -0.2) is 17.6 Å². The van der Waals surface area contributed by atoms with Gasteiger partial charge in [-0.1, -0.05) is 0 Å². The number of ether oxygens (including phenoxy) is 1. The zero-order valence-corrected chi connectivity index (χ0v) is 8.51. The van der Waals surface area contributed by atoms with E-state index in [0.717, 1.165) is 6.07 Å². The molecule has 0 spiro atoms. The van der Waals surface area contributed by atoms with Crippen LogP contribution >= 0.6 is 0 Å². The summed E-state index contributed by atoms with van der Waals surface area (Å²) in [6.07, 6.45) is -2.73. The Morgan fingerprint density at radius 2 is 1.94 bits per heavy atom. The molecule has 0 saturated carbocycles. The lowest BCUT2D eigenvalue weighted by atomic mass is 10.1. The summed E-state index contributed by atoms with van der Waals surface area (Å²) < 4.78 is 54.5. The number of hydrogen-bond donors (Lipinski definition) is 1. The second kappa shape index (κ2) is 5.16. The second-order valence-electron chi connectivity index (χ2n) is 3.30. The minimum Gasteiger partial charge on any atom is -0.484 e. The van der Waals surface area contributed by atoms with Crippen molar-refractivity contribution in [3.63, 3.8) is 0 Å². The molecule has 1 unspecified atom stereocenters. The van der Waals surface area contributed by atoms with Crippen molar-refractivity contribution in [2.75, 3.05) is 6.61 Å². The lowest BCUT2D eigenvalue weighted by Crippen LogP contribution is -2.13. The number of nitrogens with two attached hydrogens (primary N) is 1. The molecule has 2 N–H and O–H groups in total. The van der Waals surface area contributed by atoms with Crippen LogP contribution in [0.2, 0.25) is 0 Å². The number of halogens is 4. The monoisotopic (exact) mass is 237 g/mol. The number of benzene rings is 1. The highest BCUT2D eigenvalue weighted by Gasteiger charge is 2.17. The fourth-order valence-corrected chi connectivity index (χ4v) is 1.22. The number of hydrogen-bond acceptors (Lipinski definition) is 2. The molecule has 1 aromatic rings. The molecule has 0 amide bonds. The molecule has 1 rings (SSSR count). The fraction of sp³-hybridized carbons (Fsp3) is 0.400. The summed E-state index contributed by atoms with van der Waals surface area (Å²) in [5.41, 5.74) is 5.48. The fourth-order valence-electron chi connectivity index (χ4n) is 1.22. The largest absolute Gasteiger partial charge is 0.484 e. The molecule has 16 heavy (non-hydrogen) atoms. The van der Waals surface area contributed by atoms with Gasteiger partial charge >= 0.3 is 0 Å². The molecular weight excluding hydrogens is 226 g/mol. The Hall–Kier alpha value is -1.30. The Morgan fingerprint density at radius 1 is 1.31 bits per heavy atom. The third kappa shape index (κ3) is 3.10. The molecule has 0 aliphatic heterocycles. The van der Waals surface area contributed by atoms with E-state index in [1.807, 2.05) is 0 Å². The van der Waals surface area contributed by atoms with E-state index in [-0.39, 0.29) is 5.56 Å². The minimum atomic E-state index is -2.73. The van der Waals surface area contributed by atoms with Crippen LogP contribution in [0.1, 0.15) is 18.5 Å². The zero-order chi connectivity index (χ0) is 12.3. The van der Waals surface area contributed by atoms with Crippen molar-refractivity contribution >= 4 is 0 Å². The highest BCUT2D eigenvalue weighted by molar-refractivity contribution is 5.37. The van der Waals surface area contributed by atoms with Gasteiger partial charge in [0.1, 0.15) is 12.4 Å². The first-order valence-corrected chi connectivity index (χ1v) is 4.57. The van der Waals surface area contributed by atoms with Gasteiger partial charge in [0.15, 0.2) is 11.6 Å². The van der Waals surface area contributed by atoms with Gasteiger partial charge in [-0.05, 0) is 13.0 Å². The van der Waals surface area contributed by atoms with Crippen molar-refractivity contribution in [3.05, 3.63) is 29.3 Å². The first-order valence-electron chi connectivity index (χ1n) is 4.57. The molecule has 0 heterocycles. The lowest BCUT2D eigenvalue weighted by molar-refractivity contribution is 0.0791. The molecule has 0 radical (unpaired) electrons. The number of rotatable bonds is 4. The summed E-state index contributed by atoms with van der Waals surface area (Å²) in [5.74, 6) is -2.28. The van der Waals surface area contributed by atoms with Gasteiger partial charge in [0.2, 0.25) is 0 Å². The molecule has 0 aliphatic rings. The topological polar surface area (TPSA) is 35.2 Å². The molecule has 0 saturated heterocycles. The lowest BCUT2D eigenvalue weighted by Gasteiger charge is -2.14. The van der Waals surface area contributed by atoms with Gasteiger partial charge < -0.3 is 10.5 Å². The van der Waals surface area contributed by atoms with Crippen molar-refractivity contribution in [2.24, 2.45) is 5.73 Å². The van der Waals surface area contributed by atoms with Crippen LogP contribution in [0.5, 0.6) is 5.75 Å². The molecule has 0 fully saturated rings. The predicted molar refractivity (Wildman–Crippen MR) is 50.5 cm³/mol. The first kappa shape index (κ1) is 12.8. The molecule has 0 aromatic heterocycles. The van der Waals surface area contributed by atoms with E-state index in [2.05, 4.69) is 4.74 Å². The molecule has 1 aromatic carbocycles. The summed E-state index contributed by atoms with van der Waals surface area (Å²) in [5, 5.41) is 0. The quantitative estimate of drug-likeness (QED) is 0.817. The van der Waals surface area contributed by atoms with Gasteiger partial charge in [0, 0.05) is 17.7 Å². The maximum absolute atomic E-state index is 13.3. The smallest absolute Gasteiger partial charge is 0.272 e. The van der Waals surface area contributed by atoms with E-state index in [1.54, 1.807) is 0 Å². The van der Waals surface area contributed by atoms with Gasteiger partial charge in [-0.3, -0.25) is 0 Å². The SMILES string of the molecule is CC(N)c1cc(F)cc(F)c1OCC(F)F. The normalized spacial score (nSPS) is 12.9. The van der Waals surface area contributed by atoms with E-state index < -0.39 is 36.5 Å². The van der Waals surface area contributed by atoms with Crippen LogP contribution in [0.4, 0.5) is 17.6 Å². The third-order valence-corrected chi connectivity index (χ3v) is 1.88. The Bertz CT molecular complexity index is 368. The third-order valence-electron chi connectivity index (χ3n) is 1.88. The highest BCUT2D eigenvalue weighted by Crippen LogP contribution is 2.28. The van der Waals surface area contributed by atoms with E-state index in [9.17, 15) is 17.6 Å². The van der Waals surface area contributed by atoms with Crippen LogP contribution in [0.25, 0.3) is 0 Å². The molecule has 6 heteroatoms. The molecule has 0 bridgehead atoms. The summed E-state index contributed by atoms with van der Waals surface area (Å²) in [4.78, 5) is 0. The van der Waals surface area contributed by atoms with Gasteiger partial charge in [0.05, 0.1) is 0 Å². The Morgan fingerprint density at radius 3 is 2.44 bits per heavy atom. The first-order chi connectivity index (χ1) is 7.41. The van der Waals surface area contributed by atoms with E-state index in [0.29, 0.717) is 6.07 Å². The van der Waals surface area contributed by atoms with Crippen LogP contribution < -0.4 is 10.5 Å². The maximum Gasteiger partial charge on any atom is 0.272 e. The van der Waals surface area contributed by atoms with Crippen LogP contribution in [-0.2, 0) is 0 Å². The average molecular weight is 237 g/mol. The van der Waals surface area contributed by atoms with Crippen molar-refractivity contribution in [2.45, 2.75) is 19.4 Å². The van der Waals surface area contributed by atoms with Gasteiger partial charge in [-0.2, -0.15) is 0 Å². The van der Waals surface area contributed by atoms with Crippen molar-refractivity contribution in [1.29, 1.82) is 0 Å². The Kier molecular flexibility index (Phi) is 4.12. The van der Waals surface area contributed by atoms with Gasteiger partial charge in [0.25, 0.3) is 6.43 Å². The molecule has 2 nitrogen and oxygen atoms in total. The van der Waals surface area contributed by atoms with Crippen LogP contribution in [0.15, 0.2) is 12.1 Å². The van der Waals surface area contributed by atoms with Crippen molar-refractivity contribution in [3.8, 4) is 5.75 Å². The summed E-state index contributed by atoms with van der Waals surface area (Å²) in [6.45, 7) is 0.520. The van der Waals surface area contributed by atoms with Crippen LogP contribution in [0.3, 0.4) is 0 Å². The van der Waals surface area contributed by atoms with Crippen LogP contribution in [0, 0.1) is 11.6 Å². The minimum absolute atomic E-state index is 0.0261. The van der Waals surface area contributed by atoms with Crippen LogP contribution in [-0.4, -0.2) is 13.0 Å². The molecular formula is C10H11F4NO. The summed E-state index contributed by atoms with van der Waals surface area (Å²) >= 11 is 0. The van der Waals surface area contributed by atoms with Crippen molar-refractivity contribution in [1.82, 2.24) is 0 Å². The van der Waals surface area contributed by atoms with E-state index in [1.165, 1.54) is 6.92 Å². The Balaban J connectivity index is 3.04. The Labute approximate surface area is 90.0 Å². The average Bonchev–Trinajstić information content (AvgIpc) is 2.14. The zero-order valence-electron chi connectivity index (χ0n) is 8.51. The summed E-state index contributed by atoms with van der Waals surface area (Å²) in [6, 6.07) is 0.819. The molecule has 90 valence electrons. The predicted octanol–water partition coefficient (Wildman–Crippen LogP) is 2.63. The number of alkyl halides is 2. The van der Waals surface area contributed by atoms with Gasteiger partial charge in [-0.15, -0.1) is 0 Å². The van der Waals surface area contributed by atoms with E-state index >= 15 is 0 Å². The second-order valence-corrected chi connectivity index (χ2v) is 3.30. The summed E-state index contributed by atoms with van der Waals surface area (Å²) in [7, 11) is 0. The molecule has 1 atom stereocenters. The highest BCUT2D eigenvalue weighted by atomic mass is 19.3. The van der Waals surface area contributed by atoms with Crippen molar-refractivity contribution < 1.29 is 22.3 Å². The maximum atomic E-state index is 13.3.